The van der Waals surface area contributed by atoms with Gasteiger partial charge in [0.15, 0.2) is 5.43 Å². The van der Waals surface area contributed by atoms with Crippen molar-refractivity contribution >= 4 is 17.5 Å². The van der Waals surface area contributed by atoms with Crippen molar-refractivity contribution in [3.05, 3.63) is 46.1 Å². The Bertz CT molecular complexity index is 731. The maximum Gasteiger partial charge on any atom is 0.261 e. The van der Waals surface area contributed by atoms with Crippen molar-refractivity contribution in [1.29, 1.82) is 0 Å². The van der Waals surface area contributed by atoms with E-state index in [2.05, 4.69) is 20.7 Å². The number of carbonyl (C=O) groups is 2. The van der Waals surface area contributed by atoms with E-state index in [9.17, 15) is 14.4 Å². The number of aryl methyl sites for hydroxylation is 1. The van der Waals surface area contributed by atoms with Gasteiger partial charge < -0.3 is 15.6 Å². The van der Waals surface area contributed by atoms with Crippen molar-refractivity contribution in [1.82, 2.24) is 20.1 Å². The van der Waals surface area contributed by atoms with Crippen LogP contribution >= 0.6 is 0 Å². The second-order valence-electron chi connectivity index (χ2n) is 4.45. The summed E-state index contributed by atoms with van der Waals surface area (Å²) in [5.41, 5.74) is 0.736. The zero-order valence-electron chi connectivity index (χ0n) is 11.6. The molecule has 0 saturated carbocycles. The number of nitrogens with zero attached hydrogens (tertiary/aromatic N) is 2. The van der Waals surface area contributed by atoms with E-state index in [0.717, 1.165) is 0 Å². The van der Waals surface area contributed by atoms with Crippen molar-refractivity contribution in [2.45, 2.75) is 13.5 Å². The Balaban J connectivity index is 2.09. The minimum atomic E-state index is -0.532. The molecule has 2 heterocycles. The largest absolute Gasteiger partial charge is 0.364 e. The average molecular weight is 289 g/mol. The zero-order chi connectivity index (χ0) is 15.4. The molecule has 3 N–H and O–H groups in total. The molecule has 0 aromatic carbocycles. The summed E-state index contributed by atoms with van der Waals surface area (Å²) in [6, 6.07) is 1.35. The molecule has 2 amide bonds. The number of rotatable bonds is 4. The van der Waals surface area contributed by atoms with Gasteiger partial charge in [0.1, 0.15) is 12.1 Å². The maximum absolute atomic E-state index is 12.0. The minimum Gasteiger partial charge on any atom is -0.364 e. The molecule has 0 aliphatic carbocycles. The van der Waals surface area contributed by atoms with E-state index in [-0.39, 0.29) is 23.4 Å². The molecule has 0 aliphatic rings. The Morgan fingerprint density at radius 1 is 1.43 bits per heavy atom. The predicted octanol–water partition coefficient (Wildman–Crippen LogP) is -0.122. The van der Waals surface area contributed by atoms with E-state index in [1.165, 1.54) is 36.4 Å². The van der Waals surface area contributed by atoms with E-state index >= 15 is 0 Å². The lowest BCUT2D eigenvalue weighted by Gasteiger charge is -2.02. The van der Waals surface area contributed by atoms with Crippen LogP contribution in [0.5, 0.6) is 0 Å². The molecule has 0 spiro atoms. The molecule has 0 fully saturated rings. The van der Waals surface area contributed by atoms with Crippen LogP contribution < -0.4 is 16.1 Å². The number of anilines is 1. The van der Waals surface area contributed by atoms with Gasteiger partial charge in [-0.3, -0.25) is 19.1 Å². The summed E-state index contributed by atoms with van der Waals surface area (Å²) in [5, 5.41) is 8.97. The van der Waals surface area contributed by atoms with Crippen molar-refractivity contribution in [2.24, 2.45) is 0 Å². The van der Waals surface area contributed by atoms with Gasteiger partial charge in [-0.2, -0.15) is 5.10 Å². The molecule has 0 unspecified atom stereocenters. The number of hydrogen-bond acceptors (Lipinski definition) is 4. The number of aromatic nitrogens is 3. The molecule has 110 valence electrons. The summed E-state index contributed by atoms with van der Waals surface area (Å²) in [4.78, 5) is 37.7. The summed E-state index contributed by atoms with van der Waals surface area (Å²) in [5.74, 6) is -0.735. The molecular weight excluding hydrogens is 274 g/mol. The molecule has 0 bridgehead atoms. The number of amides is 2. The maximum atomic E-state index is 12.0. The first-order valence-corrected chi connectivity index (χ1v) is 6.23. The molecule has 8 heteroatoms. The Hall–Kier alpha value is -2.90. The lowest BCUT2D eigenvalue weighted by Crippen LogP contribution is -2.23. The standard InChI is InChI=1S/C13H15N5O3/c1-8-3-11(19)10(5-15-8)13(21)17-9-4-16-18(6-9)7-12(20)14-2/h3-6H,7H2,1-2H3,(H,14,20)(H,15,19)(H,17,21). The van der Waals surface area contributed by atoms with Crippen LogP contribution in [-0.4, -0.2) is 33.6 Å². The van der Waals surface area contributed by atoms with Crippen LogP contribution in [0.3, 0.4) is 0 Å². The van der Waals surface area contributed by atoms with Gasteiger partial charge >= 0.3 is 0 Å². The third-order valence-electron chi connectivity index (χ3n) is 2.78. The van der Waals surface area contributed by atoms with Crippen LogP contribution in [0.4, 0.5) is 5.69 Å². The Labute approximate surface area is 120 Å². The van der Waals surface area contributed by atoms with Gasteiger partial charge in [0.25, 0.3) is 5.91 Å². The molecule has 0 atom stereocenters. The molecule has 2 aromatic rings. The highest BCUT2D eigenvalue weighted by Crippen LogP contribution is 2.06. The Kier molecular flexibility index (Phi) is 4.17. The van der Waals surface area contributed by atoms with E-state index < -0.39 is 5.91 Å². The summed E-state index contributed by atoms with van der Waals surface area (Å²) in [7, 11) is 1.53. The van der Waals surface area contributed by atoms with Gasteiger partial charge in [-0.05, 0) is 6.92 Å². The fraction of sp³-hybridized carbons (Fsp3) is 0.231. The van der Waals surface area contributed by atoms with Gasteiger partial charge in [-0.1, -0.05) is 0 Å². The van der Waals surface area contributed by atoms with Gasteiger partial charge in [-0.25, -0.2) is 0 Å². The number of hydrogen-bond donors (Lipinski definition) is 3. The van der Waals surface area contributed by atoms with Crippen LogP contribution in [0, 0.1) is 6.92 Å². The topological polar surface area (TPSA) is 109 Å². The van der Waals surface area contributed by atoms with Crippen molar-refractivity contribution < 1.29 is 9.59 Å². The SMILES string of the molecule is CNC(=O)Cn1cc(NC(=O)c2c[nH]c(C)cc2=O)cn1. The fourth-order valence-electron chi connectivity index (χ4n) is 1.69. The van der Waals surface area contributed by atoms with Gasteiger partial charge in [0.2, 0.25) is 5.91 Å². The Morgan fingerprint density at radius 2 is 2.19 bits per heavy atom. The molecular formula is C13H15N5O3. The highest BCUT2D eigenvalue weighted by molar-refractivity contribution is 6.03. The Morgan fingerprint density at radius 3 is 2.86 bits per heavy atom. The normalized spacial score (nSPS) is 10.2. The fourth-order valence-corrected chi connectivity index (χ4v) is 1.69. The molecule has 21 heavy (non-hydrogen) atoms. The molecule has 8 nitrogen and oxygen atoms in total. The van der Waals surface area contributed by atoms with E-state index in [1.54, 1.807) is 6.92 Å². The van der Waals surface area contributed by atoms with E-state index in [1.807, 2.05) is 0 Å². The first-order chi connectivity index (χ1) is 9.99. The first-order valence-electron chi connectivity index (χ1n) is 6.23. The average Bonchev–Trinajstić information content (AvgIpc) is 2.85. The van der Waals surface area contributed by atoms with Gasteiger partial charge in [0, 0.05) is 31.2 Å². The molecule has 0 saturated heterocycles. The first kappa shape index (κ1) is 14.5. The highest BCUT2D eigenvalue weighted by Gasteiger charge is 2.12. The summed E-state index contributed by atoms with van der Waals surface area (Å²) >= 11 is 0. The molecule has 0 radical (unpaired) electrons. The van der Waals surface area contributed by atoms with Crippen molar-refractivity contribution in [2.75, 3.05) is 12.4 Å². The van der Waals surface area contributed by atoms with Crippen LogP contribution in [0.25, 0.3) is 0 Å². The minimum absolute atomic E-state index is 0.0136. The quantitative estimate of drug-likeness (QED) is 0.729. The summed E-state index contributed by atoms with van der Waals surface area (Å²) in [6.07, 6.45) is 4.28. The van der Waals surface area contributed by atoms with Crippen LogP contribution in [0.15, 0.2) is 29.5 Å². The van der Waals surface area contributed by atoms with Crippen molar-refractivity contribution in [3.63, 3.8) is 0 Å². The monoisotopic (exact) mass is 289 g/mol. The van der Waals surface area contributed by atoms with Crippen molar-refractivity contribution in [3.8, 4) is 0 Å². The van der Waals surface area contributed by atoms with Crippen LogP contribution in [0.1, 0.15) is 16.1 Å². The number of nitrogens with one attached hydrogen (secondary N) is 3. The number of aromatic amines is 1. The predicted molar refractivity (Wildman–Crippen MR) is 76.0 cm³/mol. The lowest BCUT2D eigenvalue weighted by molar-refractivity contribution is -0.121. The van der Waals surface area contributed by atoms with Crippen LogP contribution in [-0.2, 0) is 11.3 Å². The zero-order valence-corrected chi connectivity index (χ0v) is 11.6. The molecule has 0 aliphatic heterocycles. The lowest BCUT2D eigenvalue weighted by atomic mass is 10.2. The van der Waals surface area contributed by atoms with Gasteiger partial charge in [-0.15, -0.1) is 0 Å². The molecule has 2 rings (SSSR count). The van der Waals surface area contributed by atoms with Gasteiger partial charge in [0.05, 0.1) is 11.9 Å². The number of carbonyl (C=O) groups excluding carboxylic acids is 2. The van der Waals surface area contributed by atoms with E-state index in [4.69, 9.17) is 0 Å². The summed E-state index contributed by atoms with van der Waals surface area (Å²) < 4.78 is 1.38. The number of pyridine rings is 1. The second kappa shape index (κ2) is 6.04. The van der Waals surface area contributed by atoms with E-state index in [0.29, 0.717) is 11.4 Å². The smallest absolute Gasteiger partial charge is 0.261 e. The third-order valence-corrected chi connectivity index (χ3v) is 2.78. The van der Waals surface area contributed by atoms with Crippen LogP contribution in [0.2, 0.25) is 0 Å². The number of likely N-dealkylation sites (N-methyl/N-ethyl adjacent to an activating group) is 1. The summed E-state index contributed by atoms with van der Waals surface area (Å²) in [6.45, 7) is 1.78. The number of H-pyrrole nitrogens is 1. The molecule has 2 aromatic heterocycles. The highest BCUT2D eigenvalue weighted by atomic mass is 16.2. The second-order valence-corrected chi connectivity index (χ2v) is 4.45. The third kappa shape index (κ3) is 3.56.